The van der Waals surface area contributed by atoms with Crippen LogP contribution in [0.5, 0.6) is 0 Å². The van der Waals surface area contributed by atoms with Crippen molar-refractivity contribution in [2.24, 2.45) is 4.99 Å². The third kappa shape index (κ3) is 3.33. The molecule has 1 saturated heterocycles. The summed E-state index contributed by atoms with van der Waals surface area (Å²) in [4.78, 5) is 26.5. The standard InChI is InChI=1S/C13H11N3O3S/c1-2-6-14-13-15-12(17)11(20-13)8-9-4-3-5-10(7-9)16(18)19/h2-5,7-8H,1,6H2,(H,14,15,17)/b11-8-. The van der Waals surface area contributed by atoms with E-state index in [2.05, 4.69) is 16.9 Å². The second-order valence-electron chi connectivity index (χ2n) is 3.85. The van der Waals surface area contributed by atoms with Crippen molar-refractivity contribution >= 4 is 34.6 Å². The number of carbonyl (C=O) groups excluding carboxylic acids is 1. The summed E-state index contributed by atoms with van der Waals surface area (Å²) in [5.41, 5.74) is 0.588. The maximum Gasteiger partial charge on any atom is 0.270 e. The molecule has 1 N–H and O–H groups in total. The van der Waals surface area contributed by atoms with Crippen molar-refractivity contribution in [3.8, 4) is 0 Å². The average Bonchev–Trinajstić information content (AvgIpc) is 2.77. The van der Waals surface area contributed by atoms with E-state index >= 15 is 0 Å². The molecule has 1 amide bonds. The van der Waals surface area contributed by atoms with Crippen LogP contribution < -0.4 is 5.32 Å². The first-order valence-electron chi connectivity index (χ1n) is 5.71. The molecule has 1 aliphatic heterocycles. The zero-order valence-corrected chi connectivity index (χ0v) is 11.2. The molecule has 0 aromatic heterocycles. The molecule has 1 heterocycles. The number of nitrogens with one attached hydrogen (secondary N) is 1. The second-order valence-corrected chi connectivity index (χ2v) is 4.88. The van der Waals surface area contributed by atoms with Gasteiger partial charge >= 0.3 is 0 Å². The van der Waals surface area contributed by atoms with E-state index in [1.165, 1.54) is 23.9 Å². The fraction of sp³-hybridized carbons (Fsp3) is 0.0769. The zero-order valence-electron chi connectivity index (χ0n) is 10.4. The number of non-ortho nitro benzene ring substituents is 1. The summed E-state index contributed by atoms with van der Waals surface area (Å²) < 4.78 is 0. The summed E-state index contributed by atoms with van der Waals surface area (Å²) in [6.07, 6.45) is 3.23. The first-order chi connectivity index (χ1) is 9.60. The van der Waals surface area contributed by atoms with Gasteiger partial charge in [0.2, 0.25) is 0 Å². The highest BCUT2D eigenvalue weighted by Crippen LogP contribution is 2.26. The Morgan fingerprint density at radius 3 is 3.00 bits per heavy atom. The first kappa shape index (κ1) is 14.0. The molecule has 1 aromatic rings. The second kappa shape index (κ2) is 6.16. The van der Waals surface area contributed by atoms with Crippen LogP contribution in [0.15, 0.2) is 46.8 Å². The third-order valence-corrected chi connectivity index (χ3v) is 3.34. The molecule has 0 spiro atoms. The molecule has 2 rings (SSSR count). The molecule has 1 aliphatic rings. The third-order valence-electron chi connectivity index (χ3n) is 2.39. The maximum atomic E-state index is 11.7. The van der Waals surface area contributed by atoms with E-state index < -0.39 is 4.92 Å². The number of nitro benzene ring substituents is 1. The Labute approximate surface area is 119 Å². The van der Waals surface area contributed by atoms with Crippen molar-refractivity contribution in [2.75, 3.05) is 6.54 Å². The number of carbonyl (C=O) groups is 1. The van der Waals surface area contributed by atoms with E-state index in [0.717, 1.165) is 0 Å². The molecule has 0 unspecified atom stereocenters. The van der Waals surface area contributed by atoms with E-state index in [0.29, 0.717) is 22.2 Å². The number of nitrogens with zero attached hydrogens (tertiary/aromatic N) is 2. The zero-order chi connectivity index (χ0) is 14.5. The Bertz CT molecular complexity index is 638. The van der Waals surface area contributed by atoms with Gasteiger partial charge in [0.1, 0.15) is 0 Å². The minimum Gasteiger partial charge on any atom is -0.301 e. The molecule has 0 aliphatic carbocycles. The molecule has 0 atom stereocenters. The smallest absolute Gasteiger partial charge is 0.270 e. The molecule has 0 saturated carbocycles. The highest BCUT2D eigenvalue weighted by molar-refractivity contribution is 8.18. The van der Waals surface area contributed by atoms with Crippen LogP contribution in [-0.4, -0.2) is 22.5 Å². The van der Waals surface area contributed by atoms with Crippen LogP contribution in [0.1, 0.15) is 5.56 Å². The van der Waals surface area contributed by atoms with Crippen LogP contribution >= 0.6 is 11.8 Å². The van der Waals surface area contributed by atoms with Crippen LogP contribution in [0.4, 0.5) is 5.69 Å². The van der Waals surface area contributed by atoms with Gasteiger partial charge in [-0.3, -0.25) is 19.9 Å². The van der Waals surface area contributed by atoms with Crippen molar-refractivity contribution in [1.29, 1.82) is 0 Å². The van der Waals surface area contributed by atoms with Gasteiger partial charge in [-0.25, -0.2) is 0 Å². The number of amides is 1. The van der Waals surface area contributed by atoms with Gasteiger partial charge in [-0.1, -0.05) is 18.2 Å². The lowest BCUT2D eigenvalue weighted by Crippen LogP contribution is -2.19. The summed E-state index contributed by atoms with van der Waals surface area (Å²) in [6.45, 7) is 3.97. The lowest BCUT2D eigenvalue weighted by Gasteiger charge is -1.95. The number of amidine groups is 1. The number of hydrogen-bond donors (Lipinski definition) is 1. The predicted molar refractivity (Wildman–Crippen MR) is 79.3 cm³/mol. The van der Waals surface area contributed by atoms with Crippen molar-refractivity contribution in [2.45, 2.75) is 0 Å². The molecule has 1 fully saturated rings. The van der Waals surface area contributed by atoms with E-state index in [1.54, 1.807) is 24.3 Å². The van der Waals surface area contributed by atoms with E-state index in [4.69, 9.17) is 0 Å². The largest absolute Gasteiger partial charge is 0.301 e. The van der Waals surface area contributed by atoms with Gasteiger partial charge in [-0.15, -0.1) is 6.58 Å². The van der Waals surface area contributed by atoms with Gasteiger partial charge in [0, 0.05) is 12.1 Å². The molecule has 0 radical (unpaired) electrons. The Kier molecular flexibility index (Phi) is 4.31. The average molecular weight is 289 g/mol. The molecular formula is C13H11N3O3S. The molecule has 20 heavy (non-hydrogen) atoms. The van der Waals surface area contributed by atoms with Gasteiger partial charge in [0.05, 0.1) is 16.4 Å². The first-order valence-corrected chi connectivity index (χ1v) is 6.52. The number of nitro groups is 1. The summed E-state index contributed by atoms with van der Waals surface area (Å²) in [7, 11) is 0. The minimum absolute atomic E-state index is 0.0108. The number of thioether (sulfide) groups is 1. The molecule has 7 heteroatoms. The molecule has 6 nitrogen and oxygen atoms in total. The highest BCUT2D eigenvalue weighted by Gasteiger charge is 2.23. The number of hydrogen-bond acceptors (Lipinski definition) is 5. The Morgan fingerprint density at radius 1 is 1.50 bits per heavy atom. The summed E-state index contributed by atoms with van der Waals surface area (Å²) in [6, 6.07) is 6.10. The van der Waals surface area contributed by atoms with E-state index in [9.17, 15) is 14.9 Å². The molecular weight excluding hydrogens is 278 g/mol. The quantitative estimate of drug-likeness (QED) is 0.399. The highest BCUT2D eigenvalue weighted by atomic mass is 32.2. The van der Waals surface area contributed by atoms with Crippen molar-refractivity contribution in [3.05, 3.63) is 57.5 Å². The lowest BCUT2D eigenvalue weighted by atomic mass is 10.2. The molecule has 1 aromatic carbocycles. The number of rotatable bonds is 4. The Hall–Kier alpha value is -2.41. The van der Waals surface area contributed by atoms with Crippen LogP contribution in [0.25, 0.3) is 6.08 Å². The lowest BCUT2D eigenvalue weighted by molar-refractivity contribution is -0.384. The van der Waals surface area contributed by atoms with E-state index in [-0.39, 0.29) is 11.6 Å². The summed E-state index contributed by atoms with van der Waals surface area (Å²) in [5, 5.41) is 13.8. The Balaban J connectivity index is 2.23. The fourth-order valence-corrected chi connectivity index (χ4v) is 2.36. The monoisotopic (exact) mass is 289 g/mol. The van der Waals surface area contributed by atoms with Gasteiger partial charge in [-0.2, -0.15) is 0 Å². The number of benzene rings is 1. The maximum absolute atomic E-state index is 11.7. The summed E-state index contributed by atoms with van der Waals surface area (Å²) in [5.74, 6) is -0.260. The van der Waals surface area contributed by atoms with Crippen molar-refractivity contribution in [3.63, 3.8) is 0 Å². The number of aliphatic imine (C=N–C) groups is 1. The van der Waals surface area contributed by atoms with Crippen molar-refractivity contribution < 1.29 is 9.72 Å². The van der Waals surface area contributed by atoms with E-state index in [1.807, 2.05) is 0 Å². The predicted octanol–water partition coefficient (Wildman–Crippen LogP) is 2.34. The van der Waals surface area contributed by atoms with Crippen LogP contribution in [0, 0.1) is 10.1 Å². The van der Waals surface area contributed by atoms with Crippen LogP contribution in [0.2, 0.25) is 0 Å². The fourth-order valence-electron chi connectivity index (χ4n) is 1.53. The van der Waals surface area contributed by atoms with Crippen LogP contribution in [-0.2, 0) is 4.79 Å². The van der Waals surface area contributed by atoms with Crippen molar-refractivity contribution in [1.82, 2.24) is 5.32 Å². The van der Waals surface area contributed by atoms with Gasteiger partial charge in [0.15, 0.2) is 5.17 Å². The van der Waals surface area contributed by atoms with Crippen LogP contribution in [0.3, 0.4) is 0 Å². The van der Waals surface area contributed by atoms with Gasteiger partial charge in [0.25, 0.3) is 11.6 Å². The van der Waals surface area contributed by atoms with Gasteiger partial charge in [-0.05, 0) is 23.4 Å². The van der Waals surface area contributed by atoms with Gasteiger partial charge < -0.3 is 5.32 Å². The SMILES string of the molecule is C=CCN=C1NC(=O)/C(=C/c2cccc([N+](=O)[O-])c2)S1. The molecule has 0 bridgehead atoms. The Morgan fingerprint density at radius 2 is 2.30 bits per heavy atom. The topological polar surface area (TPSA) is 84.6 Å². The minimum atomic E-state index is -0.471. The molecule has 102 valence electrons. The normalized spacial score (nSPS) is 18.3. The summed E-state index contributed by atoms with van der Waals surface area (Å²) >= 11 is 1.20.